The molecule has 0 saturated heterocycles. The molecule has 6 nitrogen and oxygen atoms in total. The zero-order chi connectivity index (χ0) is 13.3. The molecule has 9 heteroatoms. The van der Waals surface area contributed by atoms with E-state index < -0.39 is 18.7 Å². The van der Waals surface area contributed by atoms with Crippen molar-refractivity contribution in [3.63, 3.8) is 0 Å². The highest BCUT2D eigenvalue weighted by molar-refractivity contribution is 5.86. The zero-order valence-corrected chi connectivity index (χ0v) is 8.77. The first-order valence-corrected chi connectivity index (χ1v) is 4.74. The molecule has 0 amide bonds. The molecule has 2 aromatic heterocycles. The van der Waals surface area contributed by atoms with E-state index in [1.807, 2.05) is 5.32 Å². The fourth-order valence-electron chi connectivity index (χ4n) is 1.34. The molecule has 0 unspecified atom stereocenters. The fourth-order valence-corrected chi connectivity index (χ4v) is 1.34. The Labute approximate surface area is 98.1 Å². The minimum absolute atomic E-state index is 0.129. The summed E-state index contributed by atoms with van der Waals surface area (Å²) in [6.07, 6.45) is -0.502. The Morgan fingerprint density at radius 2 is 2.22 bits per heavy atom. The van der Waals surface area contributed by atoms with E-state index in [1.165, 1.54) is 23.0 Å². The van der Waals surface area contributed by atoms with E-state index in [2.05, 4.69) is 9.97 Å². The van der Waals surface area contributed by atoms with E-state index in [0.29, 0.717) is 0 Å². The van der Waals surface area contributed by atoms with E-state index >= 15 is 0 Å². The van der Waals surface area contributed by atoms with Crippen molar-refractivity contribution in [3.05, 3.63) is 24.3 Å². The number of alkyl halides is 3. The summed E-state index contributed by atoms with van der Waals surface area (Å²) >= 11 is 0. The van der Waals surface area contributed by atoms with Crippen LogP contribution in [0.4, 0.5) is 19.0 Å². The first kappa shape index (κ1) is 12.1. The number of nitrogens with zero attached hydrogens (tertiary/aromatic N) is 3. The van der Waals surface area contributed by atoms with Crippen LogP contribution < -0.4 is 5.32 Å². The molecule has 18 heavy (non-hydrogen) atoms. The third kappa shape index (κ3) is 2.50. The molecule has 0 atom stereocenters. The number of carbonyl (C=O) groups is 1. The second-order valence-electron chi connectivity index (χ2n) is 3.41. The van der Waals surface area contributed by atoms with Crippen LogP contribution in [0.3, 0.4) is 0 Å². The van der Waals surface area contributed by atoms with Gasteiger partial charge in [0.1, 0.15) is 6.54 Å². The Kier molecular flexibility index (Phi) is 2.81. The molecule has 0 radical (unpaired) electrons. The van der Waals surface area contributed by atoms with Crippen molar-refractivity contribution in [3.8, 4) is 0 Å². The van der Waals surface area contributed by atoms with Crippen LogP contribution in [0.5, 0.6) is 0 Å². The molecule has 0 bridgehead atoms. The number of nitrogens with one attached hydrogen (secondary N) is 1. The molecular formula is C9H7F3N4O2. The van der Waals surface area contributed by atoms with Crippen LogP contribution in [-0.2, 0) is 0 Å². The summed E-state index contributed by atoms with van der Waals surface area (Å²) in [5, 5.41) is 10.8. The van der Waals surface area contributed by atoms with Gasteiger partial charge in [-0.3, -0.25) is 0 Å². The summed E-state index contributed by atoms with van der Waals surface area (Å²) < 4.78 is 37.6. The van der Waals surface area contributed by atoms with Gasteiger partial charge in [0.05, 0.1) is 0 Å². The maximum atomic E-state index is 12.1. The number of hydrogen-bond donors (Lipinski definition) is 2. The van der Waals surface area contributed by atoms with E-state index in [1.54, 1.807) is 0 Å². The quantitative estimate of drug-likeness (QED) is 0.872. The van der Waals surface area contributed by atoms with Gasteiger partial charge in [0.2, 0.25) is 0 Å². The fraction of sp³-hybridized carbons (Fsp3) is 0.222. The predicted octanol–water partition coefficient (Wildman–Crippen LogP) is 1.40. The van der Waals surface area contributed by atoms with Crippen molar-refractivity contribution in [1.29, 1.82) is 0 Å². The van der Waals surface area contributed by atoms with Gasteiger partial charge in [-0.25, -0.2) is 14.8 Å². The number of imidazole rings is 1. The van der Waals surface area contributed by atoms with Crippen LogP contribution >= 0.6 is 0 Å². The smallest absolute Gasteiger partial charge is 0.405 e. The standard InChI is InChI=1S/C9H7F3N4O2/c10-9(11,12)4-14-6-7-13-1-2-16(7)3-5(15-6)8(17)18/h1-3H,4H2,(H,14,15)(H,17,18). The maximum Gasteiger partial charge on any atom is 0.405 e. The molecule has 96 valence electrons. The van der Waals surface area contributed by atoms with E-state index in [0.717, 1.165) is 0 Å². The second kappa shape index (κ2) is 4.17. The SMILES string of the molecule is O=C(O)c1cn2ccnc2c(NCC(F)(F)F)n1. The number of carboxylic acid groups (broad SMARTS) is 1. The molecule has 0 aliphatic rings. The zero-order valence-electron chi connectivity index (χ0n) is 8.77. The number of hydrogen-bond acceptors (Lipinski definition) is 4. The summed E-state index contributed by atoms with van der Waals surface area (Å²) in [4.78, 5) is 18.2. The third-order valence-corrected chi connectivity index (χ3v) is 2.05. The summed E-state index contributed by atoms with van der Waals surface area (Å²) in [6.45, 7) is -1.31. The third-order valence-electron chi connectivity index (χ3n) is 2.05. The largest absolute Gasteiger partial charge is 0.476 e. The van der Waals surface area contributed by atoms with Crippen molar-refractivity contribution >= 4 is 17.4 Å². The molecule has 0 aliphatic carbocycles. The van der Waals surface area contributed by atoms with Gasteiger partial charge in [0.25, 0.3) is 0 Å². The number of anilines is 1. The predicted molar refractivity (Wildman–Crippen MR) is 54.5 cm³/mol. The Bertz CT molecular complexity index is 593. The van der Waals surface area contributed by atoms with Gasteiger partial charge >= 0.3 is 12.1 Å². The van der Waals surface area contributed by atoms with Crippen LogP contribution in [0.25, 0.3) is 5.65 Å². The van der Waals surface area contributed by atoms with Gasteiger partial charge in [0, 0.05) is 18.6 Å². The lowest BCUT2D eigenvalue weighted by Gasteiger charge is -2.10. The summed E-state index contributed by atoms with van der Waals surface area (Å²) in [5.74, 6) is -1.56. The van der Waals surface area contributed by atoms with Gasteiger partial charge in [-0.1, -0.05) is 0 Å². The highest BCUT2D eigenvalue weighted by Crippen LogP contribution is 2.18. The van der Waals surface area contributed by atoms with Gasteiger partial charge in [0.15, 0.2) is 17.2 Å². The minimum Gasteiger partial charge on any atom is -0.476 e. The number of aromatic carboxylic acids is 1. The van der Waals surface area contributed by atoms with Crippen molar-refractivity contribution in [1.82, 2.24) is 14.4 Å². The van der Waals surface area contributed by atoms with Crippen molar-refractivity contribution in [2.45, 2.75) is 6.18 Å². The van der Waals surface area contributed by atoms with E-state index in [4.69, 9.17) is 5.11 Å². The number of halogens is 3. The Morgan fingerprint density at radius 1 is 1.50 bits per heavy atom. The highest BCUT2D eigenvalue weighted by Gasteiger charge is 2.27. The van der Waals surface area contributed by atoms with Gasteiger partial charge in [-0.2, -0.15) is 13.2 Å². The summed E-state index contributed by atoms with van der Waals surface area (Å²) in [7, 11) is 0. The van der Waals surface area contributed by atoms with Gasteiger partial charge in [-0.05, 0) is 0 Å². The molecule has 0 aromatic carbocycles. The van der Waals surface area contributed by atoms with Crippen LogP contribution in [0.2, 0.25) is 0 Å². The molecule has 0 aliphatic heterocycles. The van der Waals surface area contributed by atoms with Crippen molar-refractivity contribution < 1.29 is 23.1 Å². The molecule has 0 saturated carbocycles. The van der Waals surface area contributed by atoms with Crippen molar-refractivity contribution in [2.24, 2.45) is 0 Å². The molecule has 0 fully saturated rings. The lowest BCUT2D eigenvalue weighted by Crippen LogP contribution is -2.22. The number of aromatic nitrogens is 3. The second-order valence-corrected chi connectivity index (χ2v) is 3.41. The maximum absolute atomic E-state index is 12.1. The average molecular weight is 260 g/mol. The molecule has 2 N–H and O–H groups in total. The lowest BCUT2D eigenvalue weighted by atomic mass is 10.4. The number of rotatable bonds is 3. The van der Waals surface area contributed by atoms with Crippen LogP contribution in [0, 0.1) is 0 Å². The molecule has 0 spiro atoms. The molecular weight excluding hydrogens is 253 g/mol. The van der Waals surface area contributed by atoms with Crippen LogP contribution in [0.15, 0.2) is 18.6 Å². The molecule has 2 aromatic rings. The first-order valence-electron chi connectivity index (χ1n) is 4.74. The summed E-state index contributed by atoms with van der Waals surface area (Å²) in [6, 6.07) is 0. The Hall–Kier alpha value is -2.32. The highest BCUT2D eigenvalue weighted by atomic mass is 19.4. The van der Waals surface area contributed by atoms with E-state index in [9.17, 15) is 18.0 Å². The van der Waals surface area contributed by atoms with Crippen LogP contribution in [-0.4, -0.2) is 38.2 Å². The van der Waals surface area contributed by atoms with Gasteiger partial charge < -0.3 is 14.8 Å². The first-order chi connectivity index (χ1) is 8.37. The number of fused-ring (bicyclic) bond motifs is 1. The molecule has 2 heterocycles. The average Bonchev–Trinajstić information content (AvgIpc) is 2.72. The number of carboxylic acids is 1. The van der Waals surface area contributed by atoms with Gasteiger partial charge in [-0.15, -0.1) is 0 Å². The molecule has 2 rings (SSSR count). The Morgan fingerprint density at radius 3 is 2.83 bits per heavy atom. The van der Waals surface area contributed by atoms with Crippen molar-refractivity contribution in [2.75, 3.05) is 11.9 Å². The minimum atomic E-state index is -4.43. The monoisotopic (exact) mass is 260 g/mol. The van der Waals surface area contributed by atoms with E-state index in [-0.39, 0.29) is 17.2 Å². The van der Waals surface area contributed by atoms with Crippen LogP contribution in [0.1, 0.15) is 10.5 Å². The topological polar surface area (TPSA) is 79.5 Å². The Balaban J connectivity index is 2.41. The lowest BCUT2D eigenvalue weighted by molar-refractivity contribution is -0.115. The normalized spacial score (nSPS) is 11.7. The summed E-state index contributed by atoms with van der Waals surface area (Å²) in [5.41, 5.74) is -0.241.